The van der Waals surface area contributed by atoms with Gasteiger partial charge in [-0.1, -0.05) is 6.42 Å². The van der Waals surface area contributed by atoms with Crippen molar-refractivity contribution in [3.05, 3.63) is 33.7 Å². The van der Waals surface area contributed by atoms with Crippen molar-refractivity contribution < 1.29 is 4.79 Å². The van der Waals surface area contributed by atoms with Crippen LogP contribution in [-0.2, 0) is 11.2 Å². The van der Waals surface area contributed by atoms with Crippen LogP contribution in [0, 0.1) is 6.92 Å². The Hall–Kier alpha value is -1.58. The zero-order valence-electron chi connectivity index (χ0n) is 9.58. The van der Waals surface area contributed by atoms with Crippen LogP contribution in [0.3, 0.4) is 0 Å². The number of aromatic nitrogens is 1. The molecule has 0 radical (unpaired) electrons. The molecule has 0 aromatic carbocycles. The minimum Gasteiger partial charge on any atom is -0.370 e. The van der Waals surface area contributed by atoms with Gasteiger partial charge in [-0.25, -0.2) is 0 Å². The minimum atomic E-state index is -0.246. The van der Waals surface area contributed by atoms with Gasteiger partial charge in [0, 0.05) is 29.9 Å². The predicted octanol–water partition coefficient (Wildman–Crippen LogP) is 1.27. The topological polar surface area (TPSA) is 76.0 Å². The van der Waals surface area contributed by atoms with E-state index in [1.807, 2.05) is 6.92 Å². The van der Waals surface area contributed by atoms with Crippen molar-refractivity contribution in [2.24, 2.45) is 5.73 Å². The van der Waals surface area contributed by atoms with Crippen molar-refractivity contribution in [3.8, 4) is 0 Å². The molecule has 1 rings (SSSR count). The van der Waals surface area contributed by atoms with Crippen molar-refractivity contribution in [1.82, 2.24) is 4.98 Å². The van der Waals surface area contributed by atoms with Crippen molar-refractivity contribution in [2.75, 3.05) is 0 Å². The third-order valence-corrected chi connectivity index (χ3v) is 2.40. The average molecular weight is 222 g/mol. The molecule has 88 valence electrons. The van der Waals surface area contributed by atoms with Gasteiger partial charge in [-0.05, 0) is 26.2 Å². The quantitative estimate of drug-likeness (QED) is 0.711. The summed E-state index contributed by atoms with van der Waals surface area (Å²) in [4.78, 5) is 24.9. The number of hydrogen-bond donors (Lipinski definition) is 2. The molecular weight excluding hydrogens is 204 g/mol. The van der Waals surface area contributed by atoms with Gasteiger partial charge in [0.1, 0.15) is 0 Å². The largest absolute Gasteiger partial charge is 0.370 e. The maximum atomic E-state index is 11.2. The molecule has 0 bridgehead atoms. The Morgan fingerprint density at radius 1 is 1.31 bits per heavy atom. The summed E-state index contributed by atoms with van der Waals surface area (Å²) in [5.74, 6) is -0.246. The van der Waals surface area contributed by atoms with Gasteiger partial charge in [-0.2, -0.15) is 0 Å². The molecule has 0 aliphatic carbocycles. The SMILES string of the molecule is Cc1cc(=O)cc(CCCCCC(N)=O)[nH]1. The molecular formula is C12H18N2O2. The van der Waals surface area contributed by atoms with Crippen molar-refractivity contribution in [1.29, 1.82) is 0 Å². The van der Waals surface area contributed by atoms with Crippen molar-refractivity contribution in [2.45, 2.75) is 39.0 Å². The van der Waals surface area contributed by atoms with Crippen LogP contribution >= 0.6 is 0 Å². The average Bonchev–Trinajstić information content (AvgIpc) is 2.15. The minimum absolute atomic E-state index is 0.0448. The second kappa shape index (κ2) is 6.10. The number of aryl methyl sites for hydroxylation is 2. The summed E-state index contributed by atoms with van der Waals surface area (Å²) in [6, 6.07) is 3.21. The second-order valence-corrected chi connectivity index (χ2v) is 4.05. The molecule has 1 aromatic rings. The smallest absolute Gasteiger partial charge is 0.217 e. The Morgan fingerprint density at radius 2 is 2.06 bits per heavy atom. The summed E-state index contributed by atoms with van der Waals surface area (Å²) in [6.45, 7) is 1.87. The van der Waals surface area contributed by atoms with Gasteiger partial charge in [-0.3, -0.25) is 9.59 Å². The van der Waals surface area contributed by atoms with Gasteiger partial charge < -0.3 is 10.7 Å². The lowest BCUT2D eigenvalue weighted by atomic mass is 10.1. The molecule has 16 heavy (non-hydrogen) atoms. The van der Waals surface area contributed by atoms with Gasteiger partial charge in [0.25, 0.3) is 0 Å². The predicted molar refractivity (Wildman–Crippen MR) is 63.2 cm³/mol. The zero-order chi connectivity index (χ0) is 12.0. The van der Waals surface area contributed by atoms with Crippen LogP contribution in [0.15, 0.2) is 16.9 Å². The molecule has 0 aliphatic heterocycles. The molecule has 1 heterocycles. The fraction of sp³-hybridized carbons (Fsp3) is 0.500. The van der Waals surface area contributed by atoms with Crippen LogP contribution in [0.25, 0.3) is 0 Å². The van der Waals surface area contributed by atoms with E-state index < -0.39 is 0 Å². The second-order valence-electron chi connectivity index (χ2n) is 4.05. The number of unbranched alkanes of at least 4 members (excludes halogenated alkanes) is 2. The number of amides is 1. The van der Waals surface area contributed by atoms with Gasteiger partial charge in [0.2, 0.25) is 5.91 Å². The molecule has 0 spiro atoms. The maximum absolute atomic E-state index is 11.2. The first-order valence-electron chi connectivity index (χ1n) is 5.56. The summed E-state index contributed by atoms with van der Waals surface area (Å²) >= 11 is 0. The number of aromatic amines is 1. The highest BCUT2D eigenvalue weighted by Crippen LogP contribution is 2.05. The zero-order valence-corrected chi connectivity index (χ0v) is 9.58. The van der Waals surface area contributed by atoms with Crippen LogP contribution in [0.2, 0.25) is 0 Å². The third kappa shape index (κ3) is 4.77. The Bertz CT molecular complexity index is 410. The van der Waals surface area contributed by atoms with E-state index in [0.29, 0.717) is 6.42 Å². The number of nitrogens with two attached hydrogens (primary N) is 1. The van der Waals surface area contributed by atoms with Gasteiger partial charge >= 0.3 is 0 Å². The standard InChI is InChI=1S/C12H18N2O2/c1-9-7-11(15)8-10(14-9)5-3-2-4-6-12(13)16/h7-8H,2-6H2,1H3,(H2,13,16)(H,14,15). The van der Waals surface area contributed by atoms with E-state index in [0.717, 1.165) is 37.1 Å². The van der Waals surface area contributed by atoms with E-state index in [-0.39, 0.29) is 11.3 Å². The van der Waals surface area contributed by atoms with E-state index in [2.05, 4.69) is 4.98 Å². The monoisotopic (exact) mass is 222 g/mol. The lowest BCUT2D eigenvalue weighted by Crippen LogP contribution is -2.09. The summed E-state index contributed by atoms with van der Waals surface area (Å²) in [5.41, 5.74) is 6.93. The highest BCUT2D eigenvalue weighted by molar-refractivity contribution is 5.73. The lowest BCUT2D eigenvalue weighted by Gasteiger charge is -2.02. The van der Waals surface area contributed by atoms with Crippen LogP contribution in [-0.4, -0.2) is 10.9 Å². The summed E-state index contributed by atoms with van der Waals surface area (Å²) in [5, 5.41) is 0. The molecule has 0 unspecified atom stereocenters. The Morgan fingerprint density at radius 3 is 2.69 bits per heavy atom. The highest BCUT2D eigenvalue weighted by atomic mass is 16.1. The Balaban J connectivity index is 2.32. The van der Waals surface area contributed by atoms with Crippen LogP contribution in [0.1, 0.15) is 37.1 Å². The first-order chi connectivity index (χ1) is 7.58. The van der Waals surface area contributed by atoms with Crippen LogP contribution in [0.5, 0.6) is 0 Å². The normalized spacial score (nSPS) is 10.3. The molecule has 0 atom stereocenters. The molecule has 1 aromatic heterocycles. The number of primary amides is 1. The van der Waals surface area contributed by atoms with Crippen LogP contribution in [0.4, 0.5) is 0 Å². The Labute approximate surface area is 94.9 Å². The van der Waals surface area contributed by atoms with Crippen molar-refractivity contribution in [3.63, 3.8) is 0 Å². The molecule has 3 N–H and O–H groups in total. The van der Waals surface area contributed by atoms with E-state index in [1.54, 1.807) is 12.1 Å². The molecule has 0 saturated carbocycles. The van der Waals surface area contributed by atoms with E-state index >= 15 is 0 Å². The Kier molecular flexibility index (Phi) is 4.76. The van der Waals surface area contributed by atoms with Gasteiger partial charge in [0.05, 0.1) is 0 Å². The number of H-pyrrole nitrogens is 1. The highest BCUT2D eigenvalue weighted by Gasteiger charge is 1.98. The van der Waals surface area contributed by atoms with Crippen LogP contribution < -0.4 is 11.2 Å². The number of carbonyl (C=O) groups is 1. The fourth-order valence-electron chi connectivity index (χ4n) is 1.68. The summed E-state index contributed by atoms with van der Waals surface area (Å²) in [6.07, 6.45) is 4.04. The molecule has 0 fully saturated rings. The lowest BCUT2D eigenvalue weighted by molar-refractivity contribution is -0.118. The first-order valence-corrected chi connectivity index (χ1v) is 5.56. The molecule has 1 amide bonds. The van der Waals surface area contributed by atoms with E-state index in [4.69, 9.17) is 5.73 Å². The number of rotatable bonds is 6. The van der Waals surface area contributed by atoms with E-state index in [1.165, 1.54) is 0 Å². The van der Waals surface area contributed by atoms with Gasteiger partial charge in [-0.15, -0.1) is 0 Å². The molecule has 0 saturated heterocycles. The molecule has 4 nitrogen and oxygen atoms in total. The summed E-state index contributed by atoms with van der Waals surface area (Å²) in [7, 11) is 0. The molecule has 4 heteroatoms. The van der Waals surface area contributed by atoms with Gasteiger partial charge in [0.15, 0.2) is 5.43 Å². The summed E-state index contributed by atoms with van der Waals surface area (Å²) < 4.78 is 0. The maximum Gasteiger partial charge on any atom is 0.217 e. The number of carbonyl (C=O) groups excluding carboxylic acids is 1. The van der Waals surface area contributed by atoms with E-state index in [9.17, 15) is 9.59 Å². The fourth-order valence-corrected chi connectivity index (χ4v) is 1.68. The van der Waals surface area contributed by atoms with Crippen molar-refractivity contribution >= 4 is 5.91 Å². The molecule has 0 aliphatic rings. The third-order valence-electron chi connectivity index (χ3n) is 2.40. The number of hydrogen-bond acceptors (Lipinski definition) is 2. The first kappa shape index (κ1) is 12.5. The number of nitrogens with one attached hydrogen (secondary N) is 1. The number of pyridine rings is 1.